The zero-order chi connectivity index (χ0) is 19.0. The van der Waals surface area contributed by atoms with Gasteiger partial charge in [-0.05, 0) is 48.1 Å². The number of morpholine rings is 1. The molecular formula is C22H26N4O2. The predicted molar refractivity (Wildman–Crippen MR) is 104 cm³/mol. The third-order valence-electron chi connectivity index (χ3n) is 6.26. The molecule has 3 aliphatic rings. The number of hydrogen-bond donors (Lipinski definition) is 0. The van der Waals surface area contributed by atoms with Gasteiger partial charge in [-0.3, -0.25) is 19.7 Å². The predicted octanol–water partition coefficient (Wildman–Crippen LogP) is 2.08. The number of hydrogen-bond acceptors (Lipinski definition) is 5. The van der Waals surface area contributed by atoms with Crippen LogP contribution in [-0.2, 0) is 16.1 Å². The summed E-state index contributed by atoms with van der Waals surface area (Å²) in [6, 6.07) is 7.98. The van der Waals surface area contributed by atoms with Gasteiger partial charge in [-0.15, -0.1) is 0 Å². The molecule has 28 heavy (non-hydrogen) atoms. The minimum Gasteiger partial charge on any atom is -0.361 e. The van der Waals surface area contributed by atoms with Gasteiger partial charge in [0.25, 0.3) is 5.91 Å². The van der Waals surface area contributed by atoms with E-state index in [4.69, 9.17) is 4.74 Å². The van der Waals surface area contributed by atoms with Gasteiger partial charge in [0.05, 0.1) is 6.61 Å². The van der Waals surface area contributed by atoms with E-state index >= 15 is 0 Å². The third kappa shape index (κ3) is 3.31. The Labute approximate surface area is 165 Å². The molecular weight excluding hydrogens is 352 g/mol. The second-order valence-corrected chi connectivity index (χ2v) is 8.30. The van der Waals surface area contributed by atoms with Crippen LogP contribution in [0.25, 0.3) is 0 Å². The van der Waals surface area contributed by atoms with E-state index in [-0.39, 0.29) is 11.8 Å². The highest BCUT2D eigenvalue weighted by molar-refractivity contribution is 5.88. The van der Waals surface area contributed by atoms with Crippen LogP contribution in [0.1, 0.15) is 29.9 Å². The van der Waals surface area contributed by atoms with Crippen molar-refractivity contribution in [1.82, 2.24) is 19.8 Å². The topological polar surface area (TPSA) is 58.6 Å². The molecule has 1 aliphatic carbocycles. The molecule has 1 spiro atoms. The standard InChI is InChI=1S/C22H26N4O2/c27-21-22(28-11-10-26(21)14-18-5-8-23-9-6-18)16-25(13-17-3-4-17)15-20(22)19-2-1-7-24-12-19/h1-2,5-9,12,17,20H,3-4,10-11,13-16H2/t20-,22+/m0/s1. The molecule has 3 fully saturated rings. The Morgan fingerprint density at radius 2 is 2.00 bits per heavy atom. The Balaban J connectivity index is 1.44. The zero-order valence-corrected chi connectivity index (χ0v) is 16.0. The number of amides is 1. The molecule has 0 unspecified atom stereocenters. The molecule has 146 valence electrons. The highest BCUT2D eigenvalue weighted by Crippen LogP contribution is 2.43. The average Bonchev–Trinajstić information content (AvgIpc) is 3.47. The summed E-state index contributed by atoms with van der Waals surface area (Å²) in [5, 5.41) is 0. The Bertz CT molecular complexity index is 827. The lowest BCUT2D eigenvalue weighted by Gasteiger charge is -2.42. The van der Waals surface area contributed by atoms with Crippen molar-refractivity contribution >= 4 is 5.91 Å². The summed E-state index contributed by atoms with van der Waals surface area (Å²) in [6.45, 7) is 4.41. The number of likely N-dealkylation sites (tertiary alicyclic amines) is 1. The molecule has 2 saturated heterocycles. The van der Waals surface area contributed by atoms with Gasteiger partial charge < -0.3 is 9.64 Å². The van der Waals surface area contributed by atoms with Crippen molar-refractivity contribution in [3.63, 3.8) is 0 Å². The summed E-state index contributed by atoms with van der Waals surface area (Å²) in [5.74, 6) is 0.923. The molecule has 1 saturated carbocycles. The number of pyridine rings is 2. The number of carbonyl (C=O) groups excluding carboxylic acids is 1. The van der Waals surface area contributed by atoms with E-state index in [1.165, 1.54) is 12.8 Å². The fourth-order valence-electron chi connectivity index (χ4n) is 4.67. The van der Waals surface area contributed by atoms with E-state index in [9.17, 15) is 4.79 Å². The molecule has 2 atom stereocenters. The lowest BCUT2D eigenvalue weighted by Crippen LogP contribution is -2.60. The molecule has 5 rings (SSSR count). The lowest BCUT2D eigenvalue weighted by atomic mass is 9.83. The minimum atomic E-state index is -0.802. The van der Waals surface area contributed by atoms with E-state index in [0.717, 1.165) is 30.1 Å². The molecule has 6 heteroatoms. The summed E-state index contributed by atoms with van der Waals surface area (Å²) < 4.78 is 6.33. The van der Waals surface area contributed by atoms with Crippen LogP contribution < -0.4 is 0 Å². The van der Waals surface area contributed by atoms with Gasteiger partial charge >= 0.3 is 0 Å². The van der Waals surface area contributed by atoms with Crippen molar-refractivity contribution in [2.24, 2.45) is 5.92 Å². The molecule has 2 aromatic heterocycles. The maximum atomic E-state index is 13.7. The van der Waals surface area contributed by atoms with E-state index in [1.54, 1.807) is 18.6 Å². The van der Waals surface area contributed by atoms with Crippen LogP contribution >= 0.6 is 0 Å². The lowest BCUT2D eigenvalue weighted by molar-refractivity contribution is -0.173. The molecule has 0 radical (unpaired) electrons. The highest BCUT2D eigenvalue weighted by Gasteiger charge is 2.57. The molecule has 2 aromatic rings. The number of nitrogens with zero attached hydrogens (tertiary/aromatic N) is 4. The smallest absolute Gasteiger partial charge is 0.257 e. The Morgan fingerprint density at radius 3 is 2.75 bits per heavy atom. The maximum absolute atomic E-state index is 13.7. The van der Waals surface area contributed by atoms with Gasteiger partial charge in [0.15, 0.2) is 5.60 Å². The van der Waals surface area contributed by atoms with Crippen molar-refractivity contribution in [1.29, 1.82) is 0 Å². The van der Waals surface area contributed by atoms with E-state index < -0.39 is 5.60 Å². The van der Waals surface area contributed by atoms with E-state index in [1.807, 2.05) is 29.3 Å². The van der Waals surface area contributed by atoms with Gasteiger partial charge in [-0.2, -0.15) is 0 Å². The first-order valence-electron chi connectivity index (χ1n) is 10.2. The van der Waals surface area contributed by atoms with Crippen molar-refractivity contribution in [2.45, 2.75) is 30.9 Å². The Hall–Kier alpha value is -2.31. The number of rotatable bonds is 5. The van der Waals surface area contributed by atoms with E-state index in [2.05, 4.69) is 20.9 Å². The molecule has 0 aromatic carbocycles. The van der Waals surface area contributed by atoms with Crippen molar-refractivity contribution in [2.75, 3.05) is 32.8 Å². The molecule has 4 heterocycles. The van der Waals surface area contributed by atoms with Crippen molar-refractivity contribution < 1.29 is 9.53 Å². The maximum Gasteiger partial charge on any atom is 0.257 e. The fourth-order valence-corrected chi connectivity index (χ4v) is 4.67. The SMILES string of the molecule is O=C1N(Cc2ccncc2)CCO[C@@]12CN(CC1CC1)C[C@H]2c1cccnc1. The number of aromatic nitrogens is 2. The summed E-state index contributed by atoms with van der Waals surface area (Å²) >= 11 is 0. The Kier molecular flexibility index (Phi) is 4.61. The second kappa shape index (κ2) is 7.26. The Morgan fingerprint density at radius 1 is 1.14 bits per heavy atom. The van der Waals surface area contributed by atoms with Crippen LogP contribution in [0.15, 0.2) is 49.1 Å². The number of carbonyl (C=O) groups is 1. The van der Waals surface area contributed by atoms with Crippen LogP contribution in [0.3, 0.4) is 0 Å². The van der Waals surface area contributed by atoms with Gasteiger partial charge in [0, 0.05) is 63.4 Å². The van der Waals surface area contributed by atoms with Crippen molar-refractivity contribution in [3.05, 3.63) is 60.2 Å². The zero-order valence-electron chi connectivity index (χ0n) is 16.0. The third-order valence-corrected chi connectivity index (χ3v) is 6.26. The van der Waals surface area contributed by atoms with Crippen LogP contribution in [0, 0.1) is 5.92 Å². The summed E-state index contributed by atoms with van der Waals surface area (Å²) in [7, 11) is 0. The number of ether oxygens (including phenoxy) is 1. The fraction of sp³-hybridized carbons (Fsp3) is 0.500. The molecule has 6 nitrogen and oxygen atoms in total. The molecule has 2 aliphatic heterocycles. The first-order valence-corrected chi connectivity index (χ1v) is 10.2. The van der Waals surface area contributed by atoms with Crippen LogP contribution in [-0.4, -0.2) is 64.1 Å². The summed E-state index contributed by atoms with van der Waals surface area (Å²) in [4.78, 5) is 26.5. The quantitative estimate of drug-likeness (QED) is 0.797. The van der Waals surface area contributed by atoms with Gasteiger partial charge in [-0.1, -0.05) is 6.07 Å². The highest BCUT2D eigenvalue weighted by atomic mass is 16.5. The van der Waals surface area contributed by atoms with Gasteiger partial charge in [-0.25, -0.2) is 0 Å². The molecule has 0 N–H and O–H groups in total. The van der Waals surface area contributed by atoms with Crippen LogP contribution in [0.5, 0.6) is 0 Å². The van der Waals surface area contributed by atoms with Crippen LogP contribution in [0.2, 0.25) is 0 Å². The van der Waals surface area contributed by atoms with Gasteiger partial charge in [0.2, 0.25) is 0 Å². The minimum absolute atomic E-state index is 0.0210. The molecule has 1 amide bonds. The van der Waals surface area contributed by atoms with E-state index in [0.29, 0.717) is 26.2 Å². The molecule has 0 bridgehead atoms. The second-order valence-electron chi connectivity index (χ2n) is 8.30. The van der Waals surface area contributed by atoms with Crippen LogP contribution in [0.4, 0.5) is 0 Å². The first-order chi connectivity index (χ1) is 13.7. The van der Waals surface area contributed by atoms with Gasteiger partial charge in [0.1, 0.15) is 0 Å². The monoisotopic (exact) mass is 378 g/mol. The largest absolute Gasteiger partial charge is 0.361 e. The average molecular weight is 378 g/mol. The summed E-state index contributed by atoms with van der Waals surface area (Å²) in [5.41, 5.74) is 1.40. The normalized spacial score (nSPS) is 28.2. The first kappa shape index (κ1) is 17.8. The van der Waals surface area contributed by atoms with Crippen molar-refractivity contribution in [3.8, 4) is 0 Å². The summed E-state index contributed by atoms with van der Waals surface area (Å²) in [6.07, 6.45) is 9.86.